The summed E-state index contributed by atoms with van der Waals surface area (Å²) in [7, 11) is 0. The molecular weight excluding hydrogens is 733 g/mol. The molecule has 4 nitrogen and oxygen atoms in total. The fourth-order valence-electron chi connectivity index (χ4n) is 8.61. The molecule has 1 aliphatic heterocycles. The molecule has 0 saturated carbocycles. The van der Waals surface area contributed by atoms with E-state index >= 15 is 0 Å². The van der Waals surface area contributed by atoms with Gasteiger partial charge in [-0.05, 0) is 77.4 Å². The zero-order valence-electron chi connectivity index (χ0n) is 30.6. The number of amidine groups is 2. The molecule has 1 atom stereocenters. The maximum absolute atomic E-state index is 5.10. The van der Waals surface area contributed by atoms with E-state index in [1.807, 2.05) is 46.9 Å². The highest BCUT2D eigenvalue weighted by Gasteiger charge is 2.22. The van der Waals surface area contributed by atoms with Crippen molar-refractivity contribution in [1.29, 1.82) is 0 Å². The van der Waals surface area contributed by atoms with Crippen LogP contribution in [0, 0.1) is 0 Å². The zero-order valence-corrected chi connectivity index (χ0v) is 32.2. The first-order valence-electron chi connectivity index (χ1n) is 19.2. The Morgan fingerprint density at radius 2 is 1.11 bits per heavy atom. The molecule has 3 aromatic heterocycles. The third-order valence-electron chi connectivity index (χ3n) is 11.3. The normalized spacial score (nSPS) is 14.5. The van der Waals surface area contributed by atoms with Gasteiger partial charge in [-0.3, -0.25) is 0 Å². The van der Waals surface area contributed by atoms with Crippen molar-refractivity contribution in [3.63, 3.8) is 0 Å². The molecule has 8 aromatic carbocycles. The van der Waals surface area contributed by atoms with Crippen LogP contribution in [0.5, 0.6) is 0 Å². The number of nitrogens with zero attached hydrogens (tertiary/aromatic N) is 3. The van der Waals surface area contributed by atoms with E-state index in [4.69, 9.17) is 9.98 Å². The zero-order chi connectivity index (χ0) is 37.5. The summed E-state index contributed by atoms with van der Waals surface area (Å²) in [5.74, 6) is 1.55. The van der Waals surface area contributed by atoms with Crippen LogP contribution in [0.15, 0.2) is 192 Å². The number of hydrogen-bond donors (Lipinski definition) is 1. The van der Waals surface area contributed by atoms with Gasteiger partial charge in [-0.2, -0.15) is 0 Å². The van der Waals surface area contributed by atoms with Gasteiger partial charge in [0.1, 0.15) is 12.0 Å². The summed E-state index contributed by atoms with van der Waals surface area (Å²) in [5.41, 5.74) is 9.27. The Kier molecular flexibility index (Phi) is 7.30. The molecule has 0 bridgehead atoms. The van der Waals surface area contributed by atoms with Gasteiger partial charge in [0.05, 0.1) is 11.0 Å². The van der Waals surface area contributed by atoms with Crippen LogP contribution < -0.4 is 5.32 Å². The standard InChI is InChI=1S/C51H32N4S2/c1-3-12-31(13-4-1)49-52-50(32-14-5-2-6-15-32)54-51(53-49)34-23-27-45-41(29-34)40-28-33(22-26-44(40)56-45)36-18-11-21-46-48(36)39-25-24-35(30-47(39)57-46)55-42-19-9-7-16-37(42)38-17-8-10-20-43(38)55/h1-30,49H,(H,52,53,54). The van der Waals surface area contributed by atoms with E-state index in [0.29, 0.717) is 0 Å². The number of hydrogen-bond acceptors (Lipinski definition) is 5. The summed E-state index contributed by atoms with van der Waals surface area (Å²) in [6, 6.07) is 65.6. The van der Waals surface area contributed by atoms with Gasteiger partial charge in [0.15, 0.2) is 5.84 Å². The van der Waals surface area contributed by atoms with Crippen molar-refractivity contribution in [2.45, 2.75) is 6.17 Å². The number of thiophene rings is 2. The Morgan fingerprint density at radius 3 is 1.86 bits per heavy atom. The van der Waals surface area contributed by atoms with E-state index in [2.05, 4.69) is 168 Å². The van der Waals surface area contributed by atoms with Crippen molar-refractivity contribution < 1.29 is 0 Å². The topological polar surface area (TPSA) is 41.7 Å². The first kappa shape index (κ1) is 32.4. The number of para-hydroxylation sites is 2. The van der Waals surface area contributed by atoms with Crippen LogP contribution >= 0.6 is 22.7 Å². The molecule has 11 aromatic rings. The quantitative estimate of drug-likeness (QED) is 0.186. The molecule has 268 valence electrons. The van der Waals surface area contributed by atoms with Gasteiger partial charge in [-0.15, -0.1) is 22.7 Å². The lowest BCUT2D eigenvalue weighted by Crippen LogP contribution is -2.33. The SMILES string of the molecule is c1ccc(C2=NC(c3ccccc3)NC(c3ccc4sc5ccc(-c6cccc7sc8cc(-n9c%10ccccc%10c%10ccccc%109)ccc8c67)cc5c4c3)=N2)cc1. The van der Waals surface area contributed by atoms with Crippen LogP contribution in [0.2, 0.25) is 0 Å². The highest BCUT2D eigenvalue weighted by atomic mass is 32.1. The minimum atomic E-state index is -0.241. The second kappa shape index (κ2) is 12.8. The summed E-state index contributed by atoms with van der Waals surface area (Å²) in [5, 5.41) is 11.3. The van der Waals surface area contributed by atoms with Gasteiger partial charge in [0, 0.05) is 67.9 Å². The van der Waals surface area contributed by atoms with E-state index < -0.39 is 0 Å². The number of aliphatic imine (C=N–C) groups is 2. The molecule has 0 aliphatic carbocycles. The minimum Gasteiger partial charge on any atom is -0.344 e. The fourth-order valence-corrected chi connectivity index (χ4v) is 10.8. The molecule has 1 unspecified atom stereocenters. The van der Waals surface area contributed by atoms with E-state index in [-0.39, 0.29) is 6.17 Å². The third-order valence-corrected chi connectivity index (χ3v) is 13.5. The molecule has 4 heterocycles. The Labute approximate surface area is 336 Å². The lowest BCUT2D eigenvalue weighted by atomic mass is 9.97. The monoisotopic (exact) mass is 764 g/mol. The van der Waals surface area contributed by atoms with Crippen LogP contribution in [0.1, 0.15) is 22.9 Å². The summed E-state index contributed by atoms with van der Waals surface area (Å²) in [6.07, 6.45) is -0.241. The van der Waals surface area contributed by atoms with Gasteiger partial charge in [0.25, 0.3) is 0 Å². The number of fused-ring (bicyclic) bond motifs is 9. The largest absolute Gasteiger partial charge is 0.344 e. The van der Waals surface area contributed by atoms with Crippen LogP contribution in [-0.4, -0.2) is 16.2 Å². The van der Waals surface area contributed by atoms with Crippen LogP contribution in [0.4, 0.5) is 0 Å². The lowest BCUT2D eigenvalue weighted by molar-refractivity contribution is 0.674. The molecule has 0 radical (unpaired) electrons. The molecule has 0 amide bonds. The van der Waals surface area contributed by atoms with Crippen LogP contribution in [0.3, 0.4) is 0 Å². The first-order valence-corrected chi connectivity index (χ1v) is 20.8. The Balaban J connectivity index is 0.969. The molecule has 0 spiro atoms. The van der Waals surface area contributed by atoms with Gasteiger partial charge in [-0.1, -0.05) is 121 Å². The smallest absolute Gasteiger partial charge is 0.159 e. The van der Waals surface area contributed by atoms with E-state index in [1.165, 1.54) is 79.0 Å². The van der Waals surface area contributed by atoms with Gasteiger partial charge >= 0.3 is 0 Å². The number of nitrogens with one attached hydrogen (secondary N) is 1. The predicted octanol–water partition coefficient (Wildman–Crippen LogP) is 13.7. The van der Waals surface area contributed by atoms with Crippen molar-refractivity contribution in [2.24, 2.45) is 9.98 Å². The highest BCUT2D eigenvalue weighted by Crippen LogP contribution is 2.44. The Morgan fingerprint density at radius 1 is 0.456 bits per heavy atom. The highest BCUT2D eigenvalue weighted by molar-refractivity contribution is 7.26. The average molecular weight is 765 g/mol. The second-order valence-electron chi connectivity index (χ2n) is 14.6. The fraction of sp³-hybridized carbons (Fsp3) is 0.0196. The molecule has 0 saturated heterocycles. The predicted molar refractivity (Wildman–Crippen MR) is 244 cm³/mol. The maximum atomic E-state index is 5.10. The molecular formula is C51H32N4S2. The van der Waals surface area contributed by atoms with Crippen molar-refractivity contribution >= 4 is 96.5 Å². The third kappa shape index (κ3) is 5.26. The van der Waals surface area contributed by atoms with Crippen molar-refractivity contribution in [3.8, 4) is 16.8 Å². The van der Waals surface area contributed by atoms with Gasteiger partial charge in [-0.25, -0.2) is 9.98 Å². The van der Waals surface area contributed by atoms with E-state index in [0.717, 1.165) is 28.4 Å². The molecule has 1 aliphatic rings. The molecule has 12 rings (SSSR count). The van der Waals surface area contributed by atoms with Crippen molar-refractivity contribution in [3.05, 3.63) is 199 Å². The lowest BCUT2D eigenvalue weighted by Gasteiger charge is -2.23. The summed E-state index contributed by atoms with van der Waals surface area (Å²) >= 11 is 3.72. The number of aromatic nitrogens is 1. The number of benzene rings is 8. The Hall–Kier alpha value is -6.86. The van der Waals surface area contributed by atoms with Crippen molar-refractivity contribution in [1.82, 2.24) is 9.88 Å². The summed E-state index contributed by atoms with van der Waals surface area (Å²) in [4.78, 5) is 10.2. The molecule has 1 N–H and O–H groups in total. The van der Waals surface area contributed by atoms with E-state index in [9.17, 15) is 0 Å². The molecule has 6 heteroatoms. The first-order chi connectivity index (χ1) is 28.2. The minimum absolute atomic E-state index is 0.241. The maximum Gasteiger partial charge on any atom is 0.159 e. The molecule has 57 heavy (non-hydrogen) atoms. The average Bonchev–Trinajstić information content (AvgIpc) is 3.95. The number of rotatable bonds is 5. The second-order valence-corrected chi connectivity index (χ2v) is 16.8. The van der Waals surface area contributed by atoms with Gasteiger partial charge in [0.2, 0.25) is 0 Å². The summed E-state index contributed by atoms with van der Waals surface area (Å²) in [6.45, 7) is 0. The van der Waals surface area contributed by atoms with Crippen molar-refractivity contribution in [2.75, 3.05) is 0 Å². The van der Waals surface area contributed by atoms with Crippen LogP contribution in [0.25, 0.3) is 79.0 Å². The summed E-state index contributed by atoms with van der Waals surface area (Å²) < 4.78 is 7.53. The Bertz CT molecular complexity index is 3390. The van der Waals surface area contributed by atoms with E-state index in [1.54, 1.807) is 0 Å². The molecule has 0 fully saturated rings. The van der Waals surface area contributed by atoms with Gasteiger partial charge < -0.3 is 9.88 Å². The van der Waals surface area contributed by atoms with Crippen LogP contribution in [-0.2, 0) is 0 Å².